The van der Waals surface area contributed by atoms with Crippen molar-refractivity contribution in [2.45, 2.75) is 26.8 Å². The van der Waals surface area contributed by atoms with Crippen LogP contribution in [0, 0.1) is 13.8 Å². The summed E-state index contributed by atoms with van der Waals surface area (Å²) in [5.41, 5.74) is 6.32. The third-order valence-corrected chi connectivity index (χ3v) is 4.04. The van der Waals surface area contributed by atoms with Gasteiger partial charge in [0.2, 0.25) is 0 Å². The standard InChI is InChI=1S/C18H21N3/c1-4-19-18(15-9-8-13(2)14(3)11-15)16-12-20-21-10-6-5-7-17(16)21/h5-12,18-19H,4H2,1-3H3. The summed E-state index contributed by atoms with van der Waals surface area (Å²) in [6, 6.07) is 13.0. The maximum absolute atomic E-state index is 4.46. The zero-order valence-electron chi connectivity index (χ0n) is 12.8. The molecule has 2 heterocycles. The number of pyridine rings is 1. The van der Waals surface area contributed by atoms with Crippen LogP contribution in [-0.2, 0) is 0 Å². The lowest BCUT2D eigenvalue weighted by Crippen LogP contribution is -2.22. The molecule has 0 aliphatic heterocycles. The van der Waals surface area contributed by atoms with Crippen LogP contribution in [0.5, 0.6) is 0 Å². The second kappa shape index (κ2) is 5.70. The van der Waals surface area contributed by atoms with E-state index >= 15 is 0 Å². The monoisotopic (exact) mass is 279 g/mol. The Kier molecular flexibility index (Phi) is 3.76. The van der Waals surface area contributed by atoms with E-state index in [0.717, 1.165) is 12.1 Å². The van der Waals surface area contributed by atoms with E-state index < -0.39 is 0 Å². The highest BCUT2D eigenvalue weighted by atomic mass is 15.2. The summed E-state index contributed by atoms with van der Waals surface area (Å²) in [6.45, 7) is 7.37. The van der Waals surface area contributed by atoms with Gasteiger partial charge in [0.15, 0.2) is 0 Å². The topological polar surface area (TPSA) is 29.3 Å². The molecule has 1 N–H and O–H groups in total. The van der Waals surface area contributed by atoms with E-state index in [-0.39, 0.29) is 6.04 Å². The minimum Gasteiger partial charge on any atom is -0.306 e. The van der Waals surface area contributed by atoms with E-state index in [1.54, 1.807) is 0 Å². The Hall–Kier alpha value is -2.13. The third-order valence-electron chi connectivity index (χ3n) is 4.04. The highest BCUT2D eigenvalue weighted by molar-refractivity contribution is 5.57. The molecule has 0 saturated heterocycles. The van der Waals surface area contributed by atoms with Crippen LogP contribution in [0.15, 0.2) is 48.8 Å². The van der Waals surface area contributed by atoms with Gasteiger partial charge in [0.25, 0.3) is 0 Å². The molecule has 1 unspecified atom stereocenters. The first kappa shape index (κ1) is 13.8. The molecule has 3 rings (SSSR count). The lowest BCUT2D eigenvalue weighted by molar-refractivity contribution is 0.633. The highest BCUT2D eigenvalue weighted by Crippen LogP contribution is 2.27. The van der Waals surface area contributed by atoms with Crippen molar-refractivity contribution >= 4 is 5.52 Å². The number of nitrogens with zero attached hydrogens (tertiary/aromatic N) is 2. The molecule has 2 aromatic heterocycles. The molecular weight excluding hydrogens is 258 g/mol. The number of benzene rings is 1. The predicted molar refractivity (Wildman–Crippen MR) is 86.6 cm³/mol. The van der Waals surface area contributed by atoms with Gasteiger partial charge in [-0.15, -0.1) is 0 Å². The van der Waals surface area contributed by atoms with Crippen molar-refractivity contribution in [2.24, 2.45) is 0 Å². The summed E-state index contributed by atoms with van der Waals surface area (Å²) >= 11 is 0. The molecule has 1 atom stereocenters. The Morgan fingerprint density at radius 3 is 2.76 bits per heavy atom. The van der Waals surface area contributed by atoms with E-state index in [2.05, 4.69) is 61.5 Å². The molecule has 21 heavy (non-hydrogen) atoms. The van der Waals surface area contributed by atoms with Gasteiger partial charge in [0.1, 0.15) is 0 Å². The Bertz CT molecular complexity index is 758. The Balaban J connectivity index is 2.11. The minimum absolute atomic E-state index is 0.175. The number of nitrogens with one attached hydrogen (secondary N) is 1. The van der Waals surface area contributed by atoms with Gasteiger partial charge in [0.05, 0.1) is 17.8 Å². The molecule has 3 aromatic rings. The summed E-state index contributed by atoms with van der Waals surface area (Å²) in [5, 5.41) is 8.05. The van der Waals surface area contributed by atoms with Crippen molar-refractivity contribution in [1.29, 1.82) is 0 Å². The molecule has 0 saturated carbocycles. The van der Waals surface area contributed by atoms with Crippen LogP contribution in [0.1, 0.15) is 35.2 Å². The predicted octanol–water partition coefficient (Wildman–Crippen LogP) is 3.65. The summed E-state index contributed by atoms with van der Waals surface area (Å²) in [5.74, 6) is 0. The van der Waals surface area contributed by atoms with Crippen LogP contribution in [0.25, 0.3) is 5.52 Å². The quantitative estimate of drug-likeness (QED) is 0.790. The largest absolute Gasteiger partial charge is 0.306 e. The third kappa shape index (κ3) is 2.57. The molecule has 0 amide bonds. The van der Waals surface area contributed by atoms with Crippen molar-refractivity contribution in [3.63, 3.8) is 0 Å². The van der Waals surface area contributed by atoms with Crippen LogP contribution < -0.4 is 5.32 Å². The van der Waals surface area contributed by atoms with Gasteiger partial charge < -0.3 is 5.32 Å². The molecule has 1 aromatic carbocycles. The van der Waals surface area contributed by atoms with Crippen molar-refractivity contribution in [3.8, 4) is 0 Å². The van der Waals surface area contributed by atoms with Crippen molar-refractivity contribution < 1.29 is 0 Å². The highest BCUT2D eigenvalue weighted by Gasteiger charge is 2.17. The fraction of sp³-hybridized carbons (Fsp3) is 0.278. The van der Waals surface area contributed by atoms with Crippen molar-refractivity contribution in [3.05, 3.63) is 71.0 Å². The smallest absolute Gasteiger partial charge is 0.0712 e. The SMILES string of the molecule is CCNC(c1ccc(C)c(C)c1)c1cnn2ccccc12. The molecule has 0 fully saturated rings. The lowest BCUT2D eigenvalue weighted by Gasteiger charge is -2.19. The van der Waals surface area contributed by atoms with E-state index in [0.29, 0.717) is 0 Å². The summed E-state index contributed by atoms with van der Waals surface area (Å²) in [6.07, 6.45) is 3.96. The van der Waals surface area contributed by atoms with Crippen LogP contribution in [0.4, 0.5) is 0 Å². The first-order chi connectivity index (χ1) is 10.2. The van der Waals surface area contributed by atoms with Gasteiger partial charge in [-0.2, -0.15) is 5.10 Å². The summed E-state index contributed by atoms with van der Waals surface area (Å²) in [7, 11) is 0. The molecule has 3 nitrogen and oxygen atoms in total. The zero-order chi connectivity index (χ0) is 14.8. The van der Waals surface area contributed by atoms with Crippen molar-refractivity contribution in [2.75, 3.05) is 6.54 Å². The van der Waals surface area contributed by atoms with Gasteiger partial charge in [-0.25, -0.2) is 4.52 Å². The van der Waals surface area contributed by atoms with E-state index in [1.165, 1.54) is 22.3 Å². The summed E-state index contributed by atoms with van der Waals surface area (Å²) < 4.78 is 1.93. The number of aromatic nitrogens is 2. The number of hydrogen-bond acceptors (Lipinski definition) is 2. The first-order valence-corrected chi connectivity index (χ1v) is 7.43. The first-order valence-electron chi connectivity index (χ1n) is 7.43. The van der Waals surface area contributed by atoms with E-state index in [1.807, 2.05) is 23.0 Å². The second-order valence-corrected chi connectivity index (χ2v) is 5.46. The average Bonchev–Trinajstić information content (AvgIpc) is 2.92. The van der Waals surface area contributed by atoms with Gasteiger partial charge in [0, 0.05) is 11.8 Å². The normalized spacial score (nSPS) is 12.7. The number of aryl methyl sites for hydroxylation is 2. The fourth-order valence-electron chi connectivity index (χ4n) is 2.73. The molecule has 3 heteroatoms. The average molecular weight is 279 g/mol. The van der Waals surface area contributed by atoms with Crippen molar-refractivity contribution in [1.82, 2.24) is 14.9 Å². The maximum atomic E-state index is 4.46. The van der Waals surface area contributed by atoms with E-state index in [9.17, 15) is 0 Å². The molecule has 0 spiro atoms. The van der Waals surface area contributed by atoms with Crippen LogP contribution in [0.3, 0.4) is 0 Å². The molecule has 0 radical (unpaired) electrons. The Morgan fingerprint density at radius 2 is 2.00 bits per heavy atom. The van der Waals surface area contributed by atoms with Crippen LogP contribution in [-0.4, -0.2) is 16.2 Å². The van der Waals surface area contributed by atoms with Crippen LogP contribution in [0.2, 0.25) is 0 Å². The van der Waals surface area contributed by atoms with Gasteiger partial charge in [-0.05, 0) is 49.2 Å². The maximum Gasteiger partial charge on any atom is 0.0712 e. The number of hydrogen-bond donors (Lipinski definition) is 1. The Morgan fingerprint density at radius 1 is 1.14 bits per heavy atom. The van der Waals surface area contributed by atoms with Gasteiger partial charge >= 0.3 is 0 Å². The molecule has 0 aliphatic carbocycles. The lowest BCUT2D eigenvalue weighted by atomic mass is 9.96. The van der Waals surface area contributed by atoms with Crippen LogP contribution >= 0.6 is 0 Å². The van der Waals surface area contributed by atoms with E-state index in [4.69, 9.17) is 0 Å². The van der Waals surface area contributed by atoms with Gasteiger partial charge in [-0.3, -0.25) is 0 Å². The summed E-state index contributed by atoms with van der Waals surface area (Å²) in [4.78, 5) is 0. The fourth-order valence-corrected chi connectivity index (χ4v) is 2.73. The zero-order valence-corrected chi connectivity index (χ0v) is 12.8. The second-order valence-electron chi connectivity index (χ2n) is 5.46. The number of rotatable bonds is 4. The molecule has 0 bridgehead atoms. The van der Waals surface area contributed by atoms with Gasteiger partial charge in [-0.1, -0.05) is 31.2 Å². The minimum atomic E-state index is 0.175. The Labute approximate surface area is 125 Å². The molecular formula is C18H21N3. The molecule has 108 valence electrons. The number of fused-ring (bicyclic) bond motifs is 1. The molecule has 0 aliphatic rings.